The Morgan fingerprint density at radius 2 is 1.71 bits per heavy atom. The number of rotatable bonds is 7. The first-order chi connectivity index (χ1) is 11.6. The van der Waals surface area contributed by atoms with Crippen LogP contribution in [0.2, 0.25) is 0 Å². The molecular formula is C18H19BrN2O3. The summed E-state index contributed by atoms with van der Waals surface area (Å²) >= 11 is 3.33. The van der Waals surface area contributed by atoms with Crippen molar-refractivity contribution in [2.24, 2.45) is 0 Å². The molecule has 0 atom stereocenters. The normalized spacial score (nSPS) is 10.2. The third kappa shape index (κ3) is 5.18. The lowest BCUT2D eigenvalue weighted by Crippen LogP contribution is -2.35. The standard InChI is InChI=1S/C18H19BrN2O3/c1-24-12-14-5-2-3-8-16(14)18(23)21-10-9-20-17(22)13-6-4-7-15(19)11-13/h2-8,11H,9-10,12H2,1H3,(H,20,22)(H,21,23). The van der Waals surface area contributed by atoms with Gasteiger partial charge in [-0.3, -0.25) is 9.59 Å². The Hall–Kier alpha value is -2.18. The smallest absolute Gasteiger partial charge is 0.251 e. The number of ether oxygens (including phenoxy) is 1. The van der Waals surface area contributed by atoms with E-state index in [4.69, 9.17) is 4.74 Å². The number of carbonyl (C=O) groups excluding carboxylic acids is 2. The molecule has 0 unspecified atom stereocenters. The molecule has 2 aromatic rings. The van der Waals surface area contributed by atoms with Crippen LogP contribution in [0.15, 0.2) is 53.0 Å². The van der Waals surface area contributed by atoms with Crippen LogP contribution in [0.5, 0.6) is 0 Å². The van der Waals surface area contributed by atoms with Crippen LogP contribution in [0.3, 0.4) is 0 Å². The van der Waals surface area contributed by atoms with Crippen molar-refractivity contribution in [1.82, 2.24) is 10.6 Å². The van der Waals surface area contributed by atoms with Gasteiger partial charge in [0.25, 0.3) is 11.8 Å². The third-order valence-corrected chi connectivity index (χ3v) is 3.84. The van der Waals surface area contributed by atoms with Crippen molar-refractivity contribution in [1.29, 1.82) is 0 Å². The highest BCUT2D eigenvalue weighted by Gasteiger charge is 2.10. The van der Waals surface area contributed by atoms with E-state index in [1.54, 1.807) is 31.4 Å². The average molecular weight is 391 g/mol. The molecule has 2 N–H and O–H groups in total. The Morgan fingerprint density at radius 1 is 1.00 bits per heavy atom. The van der Waals surface area contributed by atoms with Crippen LogP contribution in [0.25, 0.3) is 0 Å². The topological polar surface area (TPSA) is 67.4 Å². The second kappa shape index (κ2) is 9.20. The molecule has 0 spiro atoms. The maximum absolute atomic E-state index is 12.2. The fourth-order valence-corrected chi connectivity index (χ4v) is 2.60. The molecule has 0 aliphatic heterocycles. The highest BCUT2D eigenvalue weighted by molar-refractivity contribution is 9.10. The minimum atomic E-state index is -0.181. The minimum Gasteiger partial charge on any atom is -0.380 e. The van der Waals surface area contributed by atoms with Crippen molar-refractivity contribution >= 4 is 27.7 Å². The van der Waals surface area contributed by atoms with E-state index in [0.717, 1.165) is 10.0 Å². The zero-order valence-corrected chi connectivity index (χ0v) is 14.9. The highest BCUT2D eigenvalue weighted by atomic mass is 79.9. The molecule has 0 aromatic heterocycles. The molecule has 0 aliphatic rings. The van der Waals surface area contributed by atoms with E-state index in [0.29, 0.717) is 30.8 Å². The molecule has 0 radical (unpaired) electrons. The summed E-state index contributed by atoms with van der Waals surface area (Å²) in [6, 6.07) is 14.4. The molecule has 2 rings (SSSR count). The van der Waals surface area contributed by atoms with Crippen molar-refractivity contribution in [2.75, 3.05) is 20.2 Å². The van der Waals surface area contributed by atoms with Crippen molar-refractivity contribution in [2.45, 2.75) is 6.61 Å². The highest BCUT2D eigenvalue weighted by Crippen LogP contribution is 2.11. The Bertz CT molecular complexity index is 719. The van der Waals surface area contributed by atoms with Gasteiger partial charge in [0.2, 0.25) is 0 Å². The van der Waals surface area contributed by atoms with Gasteiger partial charge in [-0.15, -0.1) is 0 Å². The van der Waals surface area contributed by atoms with Crippen molar-refractivity contribution in [3.8, 4) is 0 Å². The number of halogens is 1. The van der Waals surface area contributed by atoms with Crippen molar-refractivity contribution in [3.63, 3.8) is 0 Å². The first-order valence-electron chi connectivity index (χ1n) is 7.50. The molecule has 5 nitrogen and oxygen atoms in total. The van der Waals surface area contributed by atoms with Crippen LogP contribution >= 0.6 is 15.9 Å². The number of methoxy groups -OCH3 is 1. The summed E-state index contributed by atoms with van der Waals surface area (Å²) in [5, 5.41) is 5.57. The second-order valence-electron chi connectivity index (χ2n) is 5.11. The van der Waals surface area contributed by atoms with Gasteiger partial charge in [-0.05, 0) is 29.8 Å². The Labute approximate surface area is 149 Å². The summed E-state index contributed by atoms with van der Waals surface area (Å²) in [5.74, 6) is -0.357. The summed E-state index contributed by atoms with van der Waals surface area (Å²) in [5.41, 5.74) is 1.98. The number of nitrogens with one attached hydrogen (secondary N) is 2. The lowest BCUT2D eigenvalue weighted by molar-refractivity contribution is 0.0925. The van der Waals surface area contributed by atoms with E-state index in [9.17, 15) is 9.59 Å². The van der Waals surface area contributed by atoms with E-state index in [1.807, 2.05) is 24.3 Å². The molecule has 126 valence electrons. The maximum Gasteiger partial charge on any atom is 0.251 e. The molecule has 0 saturated heterocycles. The SMILES string of the molecule is COCc1ccccc1C(=O)NCCNC(=O)c1cccc(Br)c1. The lowest BCUT2D eigenvalue weighted by Gasteiger charge is -2.10. The van der Waals surface area contributed by atoms with Gasteiger partial charge in [-0.1, -0.05) is 40.2 Å². The van der Waals surface area contributed by atoms with Gasteiger partial charge >= 0.3 is 0 Å². The number of amides is 2. The van der Waals surface area contributed by atoms with E-state index in [2.05, 4.69) is 26.6 Å². The first kappa shape index (κ1) is 18.2. The van der Waals surface area contributed by atoms with Gasteiger partial charge < -0.3 is 15.4 Å². The van der Waals surface area contributed by atoms with Gasteiger partial charge in [0.15, 0.2) is 0 Å². The number of hydrogen-bond donors (Lipinski definition) is 2. The molecule has 0 aliphatic carbocycles. The predicted octanol–water partition coefficient (Wildman–Crippen LogP) is 2.76. The van der Waals surface area contributed by atoms with Crippen molar-refractivity contribution in [3.05, 3.63) is 69.7 Å². The van der Waals surface area contributed by atoms with Gasteiger partial charge in [0.1, 0.15) is 0 Å². The minimum absolute atomic E-state index is 0.176. The number of hydrogen-bond acceptors (Lipinski definition) is 3. The zero-order valence-electron chi connectivity index (χ0n) is 13.3. The fraction of sp³-hybridized carbons (Fsp3) is 0.222. The zero-order chi connectivity index (χ0) is 17.4. The van der Waals surface area contributed by atoms with Gasteiger partial charge in [-0.2, -0.15) is 0 Å². The van der Waals surface area contributed by atoms with E-state index in [1.165, 1.54) is 0 Å². The fourth-order valence-electron chi connectivity index (χ4n) is 2.20. The molecule has 0 bridgehead atoms. The molecular weight excluding hydrogens is 372 g/mol. The van der Waals surface area contributed by atoms with Crippen LogP contribution < -0.4 is 10.6 Å². The van der Waals surface area contributed by atoms with E-state index in [-0.39, 0.29) is 11.8 Å². The molecule has 2 amide bonds. The van der Waals surface area contributed by atoms with Crippen LogP contribution in [0, 0.1) is 0 Å². The van der Waals surface area contributed by atoms with Gasteiger partial charge in [0.05, 0.1) is 6.61 Å². The summed E-state index contributed by atoms with van der Waals surface area (Å²) in [4.78, 5) is 24.2. The van der Waals surface area contributed by atoms with Crippen molar-refractivity contribution < 1.29 is 14.3 Å². The molecule has 0 fully saturated rings. The number of carbonyl (C=O) groups is 2. The summed E-state index contributed by atoms with van der Waals surface area (Å²) in [6.07, 6.45) is 0. The molecule has 0 saturated carbocycles. The van der Waals surface area contributed by atoms with Crippen LogP contribution in [-0.2, 0) is 11.3 Å². The van der Waals surface area contributed by atoms with E-state index >= 15 is 0 Å². The van der Waals surface area contributed by atoms with Gasteiger partial charge in [-0.25, -0.2) is 0 Å². The number of benzene rings is 2. The Morgan fingerprint density at radius 3 is 2.42 bits per heavy atom. The van der Waals surface area contributed by atoms with E-state index < -0.39 is 0 Å². The lowest BCUT2D eigenvalue weighted by atomic mass is 10.1. The average Bonchev–Trinajstić information content (AvgIpc) is 2.59. The quantitative estimate of drug-likeness (QED) is 0.714. The van der Waals surface area contributed by atoms with Crippen LogP contribution in [0.1, 0.15) is 26.3 Å². The molecule has 24 heavy (non-hydrogen) atoms. The molecule has 0 heterocycles. The first-order valence-corrected chi connectivity index (χ1v) is 8.30. The summed E-state index contributed by atoms with van der Waals surface area (Å²) in [6.45, 7) is 1.08. The van der Waals surface area contributed by atoms with Crippen LogP contribution in [0.4, 0.5) is 0 Å². The monoisotopic (exact) mass is 390 g/mol. The van der Waals surface area contributed by atoms with Crippen LogP contribution in [-0.4, -0.2) is 32.0 Å². The molecule has 2 aromatic carbocycles. The second-order valence-corrected chi connectivity index (χ2v) is 6.03. The predicted molar refractivity (Wildman–Crippen MR) is 96.0 cm³/mol. The maximum atomic E-state index is 12.2. The molecule has 6 heteroatoms. The Kier molecular flexibility index (Phi) is 6.96. The summed E-state index contributed by atoms with van der Waals surface area (Å²) < 4.78 is 5.94. The van der Waals surface area contributed by atoms with Gasteiger partial charge in [0, 0.05) is 35.8 Å². The Balaban J connectivity index is 1.82. The third-order valence-electron chi connectivity index (χ3n) is 3.34. The largest absolute Gasteiger partial charge is 0.380 e. The summed E-state index contributed by atoms with van der Waals surface area (Å²) in [7, 11) is 1.59.